The van der Waals surface area contributed by atoms with Crippen LogP contribution in [0.4, 0.5) is 0 Å². The highest BCUT2D eigenvalue weighted by molar-refractivity contribution is 7.15. The molecule has 4 heterocycles. The molecule has 5 nitrogen and oxygen atoms in total. The number of thiazole rings is 1. The largest absolute Gasteiger partial charge is 0.361 e. The predicted molar refractivity (Wildman–Crippen MR) is 89.7 cm³/mol. The molecule has 3 aromatic heterocycles. The normalized spacial score (nSPS) is 18.1. The highest BCUT2D eigenvalue weighted by Gasteiger charge is 2.30. The number of hydrogen-bond acceptors (Lipinski definition) is 3. The lowest BCUT2D eigenvalue weighted by Crippen LogP contribution is -2.21. The summed E-state index contributed by atoms with van der Waals surface area (Å²) in [4.78, 5) is 21.2. The van der Waals surface area contributed by atoms with Crippen LogP contribution in [0.15, 0.2) is 42.0 Å². The molecule has 0 aliphatic carbocycles. The number of imidazole rings is 1. The second-order valence-corrected chi connectivity index (χ2v) is 6.69. The Kier molecular flexibility index (Phi) is 2.63. The average molecular weight is 322 g/mol. The third-order valence-electron chi connectivity index (χ3n) is 4.55. The van der Waals surface area contributed by atoms with Crippen molar-refractivity contribution in [1.29, 1.82) is 0 Å². The summed E-state index contributed by atoms with van der Waals surface area (Å²) in [6, 6.07) is 8.31. The Morgan fingerprint density at radius 1 is 1.30 bits per heavy atom. The minimum absolute atomic E-state index is 0.0107. The lowest BCUT2D eigenvalue weighted by Gasteiger charge is -2.16. The van der Waals surface area contributed by atoms with Crippen LogP contribution in [0.2, 0.25) is 0 Å². The zero-order valence-electron chi connectivity index (χ0n) is 12.2. The predicted octanol–water partition coefficient (Wildman–Crippen LogP) is 3.03. The number of aromatic amines is 1. The van der Waals surface area contributed by atoms with Gasteiger partial charge >= 0.3 is 0 Å². The van der Waals surface area contributed by atoms with E-state index in [2.05, 4.69) is 32.9 Å². The molecule has 5 rings (SSSR count). The second-order valence-electron chi connectivity index (χ2n) is 5.82. The van der Waals surface area contributed by atoms with Gasteiger partial charge in [-0.2, -0.15) is 0 Å². The number of carbonyl (C=O) groups excluding carboxylic acids is 1. The highest BCUT2D eigenvalue weighted by atomic mass is 32.1. The first-order chi connectivity index (χ1) is 11.3. The molecule has 0 radical (unpaired) electrons. The third-order valence-corrected chi connectivity index (χ3v) is 5.31. The summed E-state index contributed by atoms with van der Waals surface area (Å²) in [7, 11) is 0. The molecule has 0 fully saturated rings. The van der Waals surface area contributed by atoms with E-state index in [-0.39, 0.29) is 11.8 Å². The highest BCUT2D eigenvalue weighted by Crippen LogP contribution is 2.37. The molecule has 0 unspecified atom stereocenters. The Labute approximate surface area is 136 Å². The van der Waals surface area contributed by atoms with Crippen molar-refractivity contribution in [3.63, 3.8) is 0 Å². The van der Waals surface area contributed by atoms with E-state index in [4.69, 9.17) is 4.98 Å². The monoisotopic (exact) mass is 322 g/mol. The van der Waals surface area contributed by atoms with Crippen molar-refractivity contribution in [3.05, 3.63) is 59.0 Å². The fourth-order valence-corrected chi connectivity index (χ4v) is 4.29. The van der Waals surface area contributed by atoms with E-state index in [1.807, 2.05) is 23.8 Å². The van der Waals surface area contributed by atoms with Crippen LogP contribution in [0, 0.1) is 0 Å². The zero-order valence-corrected chi connectivity index (χ0v) is 13.1. The molecule has 2 N–H and O–H groups in total. The van der Waals surface area contributed by atoms with Crippen LogP contribution in [0.1, 0.15) is 29.3 Å². The second kappa shape index (κ2) is 4.70. The van der Waals surface area contributed by atoms with Crippen molar-refractivity contribution in [3.8, 4) is 0 Å². The van der Waals surface area contributed by atoms with Crippen molar-refractivity contribution in [2.45, 2.75) is 18.9 Å². The van der Waals surface area contributed by atoms with Crippen LogP contribution in [-0.4, -0.2) is 20.3 Å². The van der Waals surface area contributed by atoms with Gasteiger partial charge in [-0.3, -0.25) is 9.20 Å². The average Bonchev–Trinajstić information content (AvgIpc) is 3.23. The number of fused-ring (bicyclic) bond motifs is 4. The molecule has 1 atom stereocenters. The SMILES string of the molecule is O=C1C[C@@H](c2cccc3[nH]ccc23)c2c(nc3sccn23)CN1. The Bertz CT molecular complexity index is 1040. The molecule has 0 spiro atoms. The van der Waals surface area contributed by atoms with Crippen LogP contribution in [0.25, 0.3) is 15.9 Å². The van der Waals surface area contributed by atoms with E-state index in [1.165, 1.54) is 10.9 Å². The maximum atomic E-state index is 12.2. The van der Waals surface area contributed by atoms with Gasteiger partial charge in [0.1, 0.15) is 0 Å². The van der Waals surface area contributed by atoms with Crippen molar-refractivity contribution in [2.75, 3.05) is 0 Å². The molecular formula is C17H14N4OS. The summed E-state index contributed by atoms with van der Waals surface area (Å²) in [6.07, 6.45) is 4.44. The Balaban J connectivity index is 1.81. The molecule has 4 aromatic rings. The number of hydrogen-bond donors (Lipinski definition) is 2. The van der Waals surface area contributed by atoms with Crippen LogP contribution in [-0.2, 0) is 11.3 Å². The fraction of sp³-hybridized carbons (Fsp3) is 0.176. The molecule has 1 aliphatic heterocycles. The van der Waals surface area contributed by atoms with Crippen molar-refractivity contribution < 1.29 is 4.79 Å². The van der Waals surface area contributed by atoms with E-state index in [0.29, 0.717) is 13.0 Å². The maximum Gasteiger partial charge on any atom is 0.221 e. The first kappa shape index (κ1) is 12.9. The van der Waals surface area contributed by atoms with Gasteiger partial charge < -0.3 is 10.3 Å². The van der Waals surface area contributed by atoms with E-state index in [0.717, 1.165) is 21.9 Å². The van der Waals surface area contributed by atoms with Crippen LogP contribution < -0.4 is 5.32 Å². The van der Waals surface area contributed by atoms with Gasteiger partial charge in [-0.05, 0) is 17.7 Å². The van der Waals surface area contributed by atoms with Gasteiger partial charge in [-0.25, -0.2) is 4.98 Å². The Morgan fingerprint density at radius 3 is 3.22 bits per heavy atom. The standard InChI is InChI=1S/C17H14N4OS/c22-15-8-12(10-2-1-3-13-11(10)4-5-18-13)16-14(9-19-15)20-17-21(16)6-7-23-17/h1-7,12,18H,8-9H2,(H,19,22)/t12-/m0/s1. The first-order valence-electron chi connectivity index (χ1n) is 7.58. The fourth-order valence-electron chi connectivity index (χ4n) is 3.55. The topological polar surface area (TPSA) is 62.2 Å². The molecule has 0 saturated carbocycles. The summed E-state index contributed by atoms with van der Waals surface area (Å²) in [5.41, 5.74) is 4.38. The zero-order chi connectivity index (χ0) is 15.4. The maximum absolute atomic E-state index is 12.2. The van der Waals surface area contributed by atoms with Crippen molar-refractivity contribution >= 4 is 33.1 Å². The number of aromatic nitrogens is 3. The lowest BCUT2D eigenvalue weighted by atomic mass is 9.89. The molecule has 114 valence electrons. The van der Waals surface area contributed by atoms with Gasteiger partial charge in [0.05, 0.1) is 17.9 Å². The summed E-state index contributed by atoms with van der Waals surface area (Å²) >= 11 is 1.62. The smallest absolute Gasteiger partial charge is 0.221 e. The van der Waals surface area contributed by atoms with Crippen LogP contribution in [0.3, 0.4) is 0 Å². The van der Waals surface area contributed by atoms with Gasteiger partial charge in [0.2, 0.25) is 5.91 Å². The quantitative estimate of drug-likeness (QED) is 0.566. The summed E-state index contributed by atoms with van der Waals surface area (Å²) < 4.78 is 2.14. The van der Waals surface area contributed by atoms with Gasteiger partial charge in [0.25, 0.3) is 0 Å². The third kappa shape index (κ3) is 1.85. The number of benzene rings is 1. The van der Waals surface area contributed by atoms with Gasteiger partial charge in [0.15, 0.2) is 4.96 Å². The molecule has 6 heteroatoms. The molecule has 0 saturated heterocycles. The number of carbonyl (C=O) groups is 1. The van der Waals surface area contributed by atoms with E-state index in [9.17, 15) is 4.79 Å². The van der Waals surface area contributed by atoms with Gasteiger partial charge in [-0.1, -0.05) is 12.1 Å². The number of amides is 1. The molecule has 1 aromatic carbocycles. The summed E-state index contributed by atoms with van der Waals surface area (Å²) in [6.45, 7) is 0.502. The van der Waals surface area contributed by atoms with Crippen molar-refractivity contribution in [1.82, 2.24) is 19.7 Å². The minimum atomic E-state index is 0.0107. The Hall–Kier alpha value is -2.60. The number of rotatable bonds is 1. The van der Waals surface area contributed by atoms with Crippen LogP contribution in [0.5, 0.6) is 0 Å². The van der Waals surface area contributed by atoms with Gasteiger partial charge in [0, 0.05) is 41.0 Å². The first-order valence-corrected chi connectivity index (χ1v) is 8.46. The molecule has 1 aliphatic rings. The Morgan fingerprint density at radius 2 is 2.26 bits per heavy atom. The van der Waals surface area contributed by atoms with E-state index in [1.54, 1.807) is 11.3 Å². The van der Waals surface area contributed by atoms with Crippen molar-refractivity contribution in [2.24, 2.45) is 0 Å². The minimum Gasteiger partial charge on any atom is -0.361 e. The van der Waals surface area contributed by atoms with E-state index >= 15 is 0 Å². The number of nitrogens with zero attached hydrogens (tertiary/aromatic N) is 2. The molecule has 0 bridgehead atoms. The number of nitrogens with one attached hydrogen (secondary N) is 2. The lowest BCUT2D eigenvalue weighted by molar-refractivity contribution is -0.121. The summed E-state index contributed by atoms with van der Waals surface area (Å²) in [5.74, 6) is 0.0844. The summed E-state index contributed by atoms with van der Waals surface area (Å²) in [5, 5.41) is 6.18. The molecule has 1 amide bonds. The molecule has 23 heavy (non-hydrogen) atoms. The van der Waals surface area contributed by atoms with Crippen LogP contribution >= 0.6 is 11.3 Å². The molecular weight excluding hydrogens is 308 g/mol. The van der Waals surface area contributed by atoms with Gasteiger partial charge in [-0.15, -0.1) is 11.3 Å². The number of H-pyrrole nitrogens is 1. The van der Waals surface area contributed by atoms with E-state index < -0.39 is 0 Å².